The maximum Gasteiger partial charge on any atom is 0.452 e. The smallest absolute Gasteiger partial charge is 0.344 e. The van der Waals surface area contributed by atoms with Gasteiger partial charge in [-0.2, -0.15) is 18.3 Å². The average Bonchev–Trinajstić information content (AvgIpc) is 3.34. The van der Waals surface area contributed by atoms with Crippen LogP contribution < -0.4 is 10.6 Å². The number of ketones is 1. The first-order chi connectivity index (χ1) is 15.7. The minimum Gasteiger partial charge on any atom is -0.344 e. The summed E-state index contributed by atoms with van der Waals surface area (Å²) in [6, 6.07) is -3.75. The highest BCUT2D eigenvalue weighted by Gasteiger charge is 2.46. The second-order valence-electron chi connectivity index (χ2n) is 9.29. The van der Waals surface area contributed by atoms with Gasteiger partial charge in [0.25, 0.3) is 11.7 Å². The van der Waals surface area contributed by atoms with E-state index in [9.17, 15) is 32.3 Å². The molecule has 1 aromatic heterocycles. The average molecular weight is 488 g/mol. The first kappa shape index (κ1) is 27.3. The van der Waals surface area contributed by atoms with Gasteiger partial charge in [-0.25, -0.2) is 0 Å². The highest BCUT2D eigenvalue weighted by molar-refractivity contribution is 6.00. The number of aromatic amines is 1. The third kappa shape index (κ3) is 5.95. The molecule has 0 aromatic carbocycles. The number of hydrogen-bond acceptors (Lipinski definition) is 5. The number of hydrogen-bond donors (Lipinski definition) is 3. The van der Waals surface area contributed by atoms with Crippen LogP contribution in [0.1, 0.15) is 62.3 Å². The van der Waals surface area contributed by atoms with Gasteiger partial charge in [0, 0.05) is 12.2 Å². The molecule has 0 spiro atoms. The molecule has 1 saturated heterocycles. The SMILES string of the molecule is Cc1n[nH]c(C)c1C(=O)N[C@H](C(=O)N1CCC[C@H]1C(=O)N[C@H](C(=O)C(F)(F)F)C(C)C)C(C)C. The number of nitrogens with one attached hydrogen (secondary N) is 3. The number of aryl methyl sites for hydroxylation is 2. The van der Waals surface area contributed by atoms with Crippen LogP contribution in [0.25, 0.3) is 0 Å². The molecule has 1 aromatic rings. The maximum atomic E-state index is 13.4. The standard InChI is InChI=1S/C22H32F3N5O4/c1-10(2)16(18(31)22(23,24)25)26-19(32)14-8-7-9-30(14)21(34)17(11(3)4)27-20(33)15-12(5)28-29-13(15)6/h10-11,14,16-17H,7-9H2,1-6H3,(H,26,32)(H,27,33)(H,28,29)/t14-,16-,17-/m0/s1. The minimum absolute atomic E-state index is 0.208. The first-order valence-electron chi connectivity index (χ1n) is 11.2. The van der Waals surface area contributed by atoms with E-state index >= 15 is 0 Å². The molecule has 3 atom stereocenters. The number of rotatable bonds is 8. The highest BCUT2D eigenvalue weighted by atomic mass is 19.4. The number of halogens is 3. The molecule has 1 aliphatic heterocycles. The summed E-state index contributed by atoms with van der Waals surface area (Å²) in [6.07, 6.45) is -4.40. The van der Waals surface area contributed by atoms with Crippen LogP contribution in [-0.4, -0.2) is 69.4 Å². The lowest BCUT2D eigenvalue weighted by atomic mass is 9.98. The van der Waals surface area contributed by atoms with Gasteiger partial charge in [0.1, 0.15) is 12.1 Å². The van der Waals surface area contributed by atoms with Gasteiger partial charge in [-0.3, -0.25) is 24.3 Å². The fourth-order valence-electron chi connectivity index (χ4n) is 4.05. The Morgan fingerprint density at radius 3 is 2.09 bits per heavy atom. The molecule has 34 heavy (non-hydrogen) atoms. The van der Waals surface area contributed by atoms with E-state index in [2.05, 4.69) is 20.8 Å². The molecular formula is C22H32F3N5O4. The van der Waals surface area contributed by atoms with Crippen molar-refractivity contribution in [2.24, 2.45) is 11.8 Å². The van der Waals surface area contributed by atoms with E-state index < -0.39 is 53.7 Å². The van der Waals surface area contributed by atoms with Crippen molar-refractivity contribution in [3.63, 3.8) is 0 Å². The van der Waals surface area contributed by atoms with E-state index in [1.807, 2.05) is 0 Å². The molecule has 0 unspecified atom stereocenters. The molecule has 190 valence electrons. The van der Waals surface area contributed by atoms with E-state index in [4.69, 9.17) is 0 Å². The molecule has 12 heteroatoms. The van der Waals surface area contributed by atoms with Gasteiger partial charge in [-0.15, -0.1) is 0 Å². The zero-order valence-electron chi connectivity index (χ0n) is 20.2. The Labute approximate surface area is 196 Å². The predicted molar refractivity (Wildman–Crippen MR) is 117 cm³/mol. The summed E-state index contributed by atoms with van der Waals surface area (Å²) in [5.41, 5.74) is 1.33. The molecule has 3 amide bonds. The Morgan fingerprint density at radius 1 is 1.03 bits per heavy atom. The third-order valence-corrected chi connectivity index (χ3v) is 5.94. The zero-order chi connectivity index (χ0) is 26.0. The van der Waals surface area contributed by atoms with Crippen LogP contribution in [0.4, 0.5) is 13.2 Å². The van der Waals surface area contributed by atoms with Crippen molar-refractivity contribution < 1.29 is 32.3 Å². The second-order valence-corrected chi connectivity index (χ2v) is 9.29. The molecule has 0 aliphatic carbocycles. The quantitative estimate of drug-likeness (QED) is 0.518. The van der Waals surface area contributed by atoms with Crippen LogP contribution in [0, 0.1) is 25.7 Å². The van der Waals surface area contributed by atoms with Crippen molar-refractivity contribution in [1.29, 1.82) is 0 Å². The van der Waals surface area contributed by atoms with Crippen molar-refractivity contribution in [1.82, 2.24) is 25.7 Å². The number of alkyl halides is 3. The summed E-state index contributed by atoms with van der Waals surface area (Å²) in [5, 5.41) is 11.6. The van der Waals surface area contributed by atoms with Gasteiger partial charge >= 0.3 is 6.18 Å². The third-order valence-electron chi connectivity index (χ3n) is 5.94. The van der Waals surface area contributed by atoms with Gasteiger partial charge < -0.3 is 15.5 Å². The first-order valence-corrected chi connectivity index (χ1v) is 11.2. The van der Waals surface area contributed by atoms with Crippen molar-refractivity contribution in [3.8, 4) is 0 Å². The molecule has 1 aliphatic rings. The second kappa shape index (κ2) is 10.6. The summed E-state index contributed by atoms with van der Waals surface area (Å²) in [4.78, 5) is 52.1. The number of amides is 3. The van der Waals surface area contributed by atoms with Crippen LogP contribution in [0.5, 0.6) is 0 Å². The van der Waals surface area contributed by atoms with Crippen LogP contribution in [-0.2, 0) is 14.4 Å². The molecule has 9 nitrogen and oxygen atoms in total. The van der Waals surface area contributed by atoms with Crippen molar-refractivity contribution in [3.05, 3.63) is 17.0 Å². The van der Waals surface area contributed by atoms with E-state index in [0.717, 1.165) is 0 Å². The zero-order valence-corrected chi connectivity index (χ0v) is 20.2. The number of likely N-dealkylation sites (tertiary alicyclic amines) is 1. The van der Waals surface area contributed by atoms with Gasteiger partial charge in [0.15, 0.2) is 0 Å². The fourth-order valence-corrected chi connectivity index (χ4v) is 4.05. The van der Waals surface area contributed by atoms with Crippen LogP contribution in [0.3, 0.4) is 0 Å². The van der Waals surface area contributed by atoms with Crippen LogP contribution in [0.2, 0.25) is 0 Å². The van der Waals surface area contributed by atoms with E-state index in [1.54, 1.807) is 27.7 Å². The monoisotopic (exact) mass is 487 g/mol. The Balaban J connectivity index is 2.20. The summed E-state index contributed by atoms with van der Waals surface area (Å²) in [7, 11) is 0. The normalized spacial score (nSPS) is 18.2. The summed E-state index contributed by atoms with van der Waals surface area (Å²) in [6.45, 7) is 9.81. The lowest BCUT2D eigenvalue weighted by Gasteiger charge is -2.32. The van der Waals surface area contributed by atoms with Gasteiger partial charge in [0.05, 0.1) is 17.3 Å². The lowest BCUT2D eigenvalue weighted by Crippen LogP contribution is -2.58. The molecule has 0 radical (unpaired) electrons. The van der Waals surface area contributed by atoms with Gasteiger partial charge in [-0.1, -0.05) is 27.7 Å². The molecule has 2 heterocycles. The van der Waals surface area contributed by atoms with E-state index in [0.29, 0.717) is 23.4 Å². The fraction of sp³-hybridized carbons (Fsp3) is 0.682. The Kier molecular flexibility index (Phi) is 8.49. The molecule has 3 N–H and O–H groups in total. The Morgan fingerprint density at radius 2 is 1.62 bits per heavy atom. The number of nitrogens with zero attached hydrogens (tertiary/aromatic N) is 2. The predicted octanol–water partition coefficient (Wildman–Crippen LogP) is 2.04. The highest BCUT2D eigenvalue weighted by Crippen LogP contribution is 2.24. The largest absolute Gasteiger partial charge is 0.452 e. The van der Waals surface area contributed by atoms with Crippen LogP contribution in [0.15, 0.2) is 0 Å². The molecule has 0 bridgehead atoms. The summed E-state index contributed by atoms with van der Waals surface area (Å²) in [5.74, 6) is -4.99. The van der Waals surface area contributed by atoms with Gasteiger partial charge in [0.2, 0.25) is 11.8 Å². The number of carbonyl (C=O) groups excluding carboxylic acids is 4. The summed E-state index contributed by atoms with van der Waals surface area (Å²) >= 11 is 0. The molecule has 0 saturated carbocycles. The van der Waals surface area contributed by atoms with E-state index in [-0.39, 0.29) is 18.9 Å². The van der Waals surface area contributed by atoms with E-state index in [1.165, 1.54) is 18.7 Å². The van der Waals surface area contributed by atoms with Crippen molar-refractivity contribution in [2.75, 3.05) is 6.54 Å². The minimum atomic E-state index is -5.09. The molecule has 2 rings (SSSR count). The van der Waals surface area contributed by atoms with Gasteiger partial charge in [-0.05, 0) is 38.5 Å². The molecule has 1 fully saturated rings. The summed E-state index contributed by atoms with van der Waals surface area (Å²) < 4.78 is 38.9. The number of aromatic nitrogens is 2. The molecular weight excluding hydrogens is 455 g/mol. The number of Topliss-reactive ketones (excluding diaryl/α,β-unsaturated/α-hetero) is 1. The van der Waals surface area contributed by atoms with Crippen molar-refractivity contribution >= 4 is 23.5 Å². The van der Waals surface area contributed by atoms with Crippen molar-refractivity contribution in [2.45, 2.75) is 78.7 Å². The lowest BCUT2D eigenvalue weighted by molar-refractivity contribution is -0.175. The topological polar surface area (TPSA) is 124 Å². The maximum absolute atomic E-state index is 13.4. The van der Waals surface area contributed by atoms with Crippen LogP contribution >= 0.6 is 0 Å². The Hall–Kier alpha value is -2.92. The number of H-pyrrole nitrogens is 1. The number of carbonyl (C=O) groups is 4. The Bertz CT molecular complexity index is 922.